The molecule has 0 atom stereocenters. The molecule has 0 amide bonds. The van der Waals surface area contributed by atoms with Crippen LogP contribution in [-0.4, -0.2) is 28.2 Å². The smallest absolute Gasteiger partial charge is 0.138 e. The minimum absolute atomic E-state index is 0.264. The van der Waals surface area contributed by atoms with Crippen molar-refractivity contribution in [3.05, 3.63) is 41.0 Å². The van der Waals surface area contributed by atoms with Gasteiger partial charge in [0.25, 0.3) is 0 Å². The lowest BCUT2D eigenvalue weighted by molar-refractivity contribution is 0.283. The van der Waals surface area contributed by atoms with Gasteiger partial charge in [-0.1, -0.05) is 36.8 Å². The standard InChI is InChI=1S/C20H25N3OS/c1-3-16-17(15-9-7-14(2)8-10-15)18-19(21-11-5-4-6-12-24)22-13-23-20(18)25-16/h7-10,13,24H,3-6,11-12H2,1-2H3,(H,21,22,23). The fourth-order valence-electron chi connectivity index (χ4n) is 3.01. The second-order valence-corrected chi connectivity index (χ2v) is 7.32. The molecule has 0 saturated heterocycles. The lowest BCUT2D eigenvalue weighted by Crippen LogP contribution is -2.04. The molecule has 5 heteroatoms. The Kier molecular flexibility index (Phi) is 6.00. The highest BCUT2D eigenvalue weighted by Gasteiger charge is 2.17. The van der Waals surface area contributed by atoms with Crippen LogP contribution in [0.25, 0.3) is 21.3 Å². The van der Waals surface area contributed by atoms with Gasteiger partial charge in [0.1, 0.15) is 17.0 Å². The van der Waals surface area contributed by atoms with Gasteiger partial charge < -0.3 is 10.4 Å². The number of anilines is 1. The Labute approximate surface area is 153 Å². The number of fused-ring (bicyclic) bond motifs is 1. The summed E-state index contributed by atoms with van der Waals surface area (Å²) in [6.07, 6.45) is 5.53. The van der Waals surface area contributed by atoms with E-state index in [0.717, 1.165) is 48.3 Å². The zero-order chi connectivity index (χ0) is 17.6. The molecule has 2 N–H and O–H groups in total. The van der Waals surface area contributed by atoms with Crippen LogP contribution in [0.4, 0.5) is 5.82 Å². The van der Waals surface area contributed by atoms with E-state index in [9.17, 15) is 0 Å². The Morgan fingerprint density at radius 1 is 1.08 bits per heavy atom. The van der Waals surface area contributed by atoms with E-state index in [-0.39, 0.29) is 6.61 Å². The Morgan fingerprint density at radius 3 is 2.60 bits per heavy atom. The molecule has 3 rings (SSSR count). The molecule has 0 aliphatic rings. The normalized spacial score (nSPS) is 11.2. The fraction of sp³-hybridized carbons (Fsp3) is 0.400. The molecule has 0 fully saturated rings. The highest BCUT2D eigenvalue weighted by molar-refractivity contribution is 7.19. The number of aliphatic hydroxyl groups is 1. The van der Waals surface area contributed by atoms with E-state index in [1.165, 1.54) is 21.6 Å². The number of nitrogens with one attached hydrogen (secondary N) is 1. The average molecular weight is 356 g/mol. The topological polar surface area (TPSA) is 58.0 Å². The minimum Gasteiger partial charge on any atom is -0.396 e. The first-order valence-electron chi connectivity index (χ1n) is 8.92. The lowest BCUT2D eigenvalue weighted by Gasteiger charge is -2.09. The number of unbranched alkanes of at least 4 members (excludes halogenated alkanes) is 2. The van der Waals surface area contributed by atoms with E-state index in [4.69, 9.17) is 5.11 Å². The van der Waals surface area contributed by atoms with Gasteiger partial charge in [-0.25, -0.2) is 9.97 Å². The van der Waals surface area contributed by atoms with Gasteiger partial charge >= 0.3 is 0 Å². The monoisotopic (exact) mass is 355 g/mol. The first-order chi connectivity index (χ1) is 12.2. The summed E-state index contributed by atoms with van der Waals surface area (Å²) >= 11 is 1.76. The summed E-state index contributed by atoms with van der Waals surface area (Å²) in [5.41, 5.74) is 3.76. The third kappa shape index (κ3) is 3.99. The molecule has 0 aliphatic heterocycles. The quantitative estimate of drug-likeness (QED) is 0.570. The number of nitrogens with zero attached hydrogens (tertiary/aromatic N) is 2. The average Bonchev–Trinajstić information content (AvgIpc) is 3.01. The molecule has 3 aromatic rings. The molecule has 2 heterocycles. The number of rotatable bonds is 8. The number of hydrogen-bond donors (Lipinski definition) is 2. The van der Waals surface area contributed by atoms with Gasteiger partial charge in [-0.05, 0) is 38.2 Å². The van der Waals surface area contributed by atoms with Crippen molar-refractivity contribution >= 4 is 27.4 Å². The second-order valence-electron chi connectivity index (χ2n) is 6.23. The van der Waals surface area contributed by atoms with Crippen LogP contribution in [0.2, 0.25) is 0 Å². The SMILES string of the molecule is CCc1sc2ncnc(NCCCCCO)c2c1-c1ccc(C)cc1. The van der Waals surface area contributed by atoms with Gasteiger partial charge in [0, 0.05) is 23.6 Å². The molecule has 0 bridgehead atoms. The van der Waals surface area contributed by atoms with Crippen molar-refractivity contribution in [2.24, 2.45) is 0 Å². The van der Waals surface area contributed by atoms with Crippen LogP contribution in [0, 0.1) is 6.92 Å². The van der Waals surface area contributed by atoms with Crippen molar-refractivity contribution in [3.63, 3.8) is 0 Å². The molecule has 25 heavy (non-hydrogen) atoms. The van der Waals surface area contributed by atoms with Gasteiger partial charge in [-0.15, -0.1) is 11.3 Å². The largest absolute Gasteiger partial charge is 0.396 e. The molecule has 4 nitrogen and oxygen atoms in total. The van der Waals surface area contributed by atoms with Gasteiger partial charge in [0.05, 0.1) is 5.39 Å². The van der Waals surface area contributed by atoms with Gasteiger partial charge in [-0.3, -0.25) is 0 Å². The van der Waals surface area contributed by atoms with E-state index in [1.54, 1.807) is 17.7 Å². The summed E-state index contributed by atoms with van der Waals surface area (Å²) < 4.78 is 0. The predicted octanol–water partition coefficient (Wildman–Crippen LogP) is 4.80. The van der Waals surface area contributed by atoms with Crippen molar-refractivity contribution < 1.29 is 5.11 Å². The second kappa shape index (κ2) is 8.41. The summed E-state index contributed by atoms with van der Waals surface area (Å²) in [7, 11) is 0. The predicted molar refractivity (Wildman–Crippen MR) is 106 cm³/mol. The van der Waals surface area contributed by atoms with E-state index < -0.39 is 0 Å². The van der Waals surface area contributed by atoms with E-state index in [1.807, 2.05) is 0 Å². The molecule has 1 aromatic carbocycles. The number of benzene rings is 1. The van der Waals surface area contributed by atoms with Gasteiger partial charge in [0.15, 0.2) is 0 Å². The summed E-state index contributed by atoms with van der Waals surface area (Å²) in [4.78, 5) is 11.4. The lowest BCUT2D eigenvalue weighted by atomic mass is 10.0. The van der Waals surface area contributed by atoms with Crippen molar-refractivity contribution in [3.8, 4) is 11.1 Å². The molecule has 0 aliphatic carbocycles. The Bertz CT molecular complexity index is 827. The number of aryl methyl sites for hydroxylation is 2. The van der Waals surface area contributed by atoms with Crippen LogP contribution in [0.3, 0.4) is 0 Å². The first kappa shape index (κ1) is 17.8. The van der Waals surface area contributed by atoms with Crippen molar-refractivity contribution in [1.29, 1.82) is 0 Å². The summed E-state index contributed by atoms with van der Waals surface area (Å²) in [6, 6.07) is 8.69. The molecule has 0 unspecified atom stereocenters. The number of hydrogen-bond acceptors (Lipinski definition) is 5. The summed E-state index contributed by atoms with van der Waals surface area (Å²) in [6.45, 7) is 5.42. The maximum atomic E-state index is 8.90. The summed E-state index contributed by atoms with van der Waals surface area (Å²) in [5, 5.41) is 13.5. The van der Waals surface area contributed by atoms with Gasteiger partial charge in [0.2, 0.25) is 0 Å². The van der Waals surface area contributed by atoms with Crippen LogP contribution in [0.15, 0.2) is 30.6 Å². The Hall–Kier alpha value is -1.98. The van der Waals surface area contributed by atoms with Crippen LogP contribution >= 0.6 is 11.3 Å². The van der Waals surface area contributed by atoms with E-state index in [0.29, 0.717) is 0 Å². The molecule has 0 radical (unpaired) electrons. The van der Waals surface area contributed by atoms with Crippen LogP contribution in [0.5, 0.6) is 0 Å². The third-order valence-electron chi connectivity index (χ3n) is 4.35. The van der Waals surface area contributed by atoms with Crippen molar-refractivity contribution in [2.75, 3.05) is 18.5 Å². The fourth-order valence-corrected chi connectivity index (χ4v) is 4.11. The third-order valence-corrected chi connectivity index (χ3v) is 5.59. The minimum atomic E-state index is 0.264. The zero-order valence-corrected chi connectivity index (χ0v) is 15.7. The molecule has 0 saturated carbocycles. The highest BCUT2D eigenvalue weighted by Crippen LogP contribution is 2.41. The number of aliphatic hydroxyl groups excluding tert-OH is 1. The molecular formula is C20H25N3OS. The van der Waals surface area contributed by atoms with Crippen LogP contribution in [0.1, 0.15) is 36.6 Å². The van der Waals surface area contributed by atoms with Crippen LogP contribution in [-0.2, 0) is 6.42 Å². The molecule has 132 valence electrons. The first-order valence-corrected chi connectivity index (χ1v) is 9.74. The maximum absolute atomic E-state index is 8.90. The number of thiophene rings is 1. The summed E-state index contributed by atoms with van der Waals surface area (Å²) in [5.74, 6) is 0.917. The van der Waals surface area contributed by atoms with Crippen molar-refractivity contribution in [1.82, 2.24) is 9.97 Å². The highest BCUT2D eigenvalue weighted by atomic mass is 32.1. The Balaban J connectivity index is 1.98. The van der Waals surface area contributed by atoms with Crippen molar-refractivity contribution in [2.45, 2.75) is 39.5 Å². The number of aromatic nitrogens is 2. The van der Waals surface area contributed by atoms with E-state index in [2.05, 4.69) is 53.4 Å². The Morgan fingerprint density at radius 2 is 1.88 bits per heavy atom. The molecule has 2 aromatic heterocycles. The molecular weight excluding hydrogens is 330 g/mol. The van der Waals surface area contributed by atoms with Crippen LogP contribution < -0.4 is 5.32 Å². The van der Waals surface area contributed by atoms with Gasteiger partial charge in [-0.2, -0.15) is 0 Å². The molecule has 0 spiro atoms. The maximum Gasteiger partial charge on any atom is 0.138 e. The van der Waals surface area contributed by atoms with E-state index >= 15 is 0 Å². The zero-order valence-electron chi connectivity index (χ0n) is 14.9.